The van der Waals surface area contributed by atoms with Crippen molar-refractivity contribution in [1.29, 1.82) is 0 Å². The summed E-state index contributed by atoms with van der Waals surface area (Å²) in [6.45, 7) is 3.83. The number of hydrogen-bond acceptors (Lipinski definition) is 4. The molecule has 0 aliphatic carbocycles. The number of hydrogen-bond donors (Lipinski definition) is 3. The van der Waals surface area contributed by atoms with E-state index in [4.69, 9.17) is 5.73 Å². The van der Waals surface area contributed by atoms with Gasteiger partial charge in [0.15, 0.2) is 0 Å². The van der Waals surface area contributed by atoms with E-state index in [9.17, 15) is 9.59 Å². The molecule has 2 aromatic carbocycles. The summed E-state index contributed by atoms with van der Waals surface area (Å²) in [7, 11) is 0. The third-order valence-electron chi connectivity index (χ3n) is 3.82. The van der Waals surface area contributed by atoms with Gasteiger partial charge in [-0.15, -0.1) is 0 Å². The molecule has 0 saturated carbocycles. The minimum atomic E-state index is -0.322. The molecule has 2 aromatic rings. The smallest absolute Gasteiger partial charge is 0.271 e. The van der Waals surface area contributed by atoms with E-state index in [1.165, 1.54) is 0 Å². The maximum absolute atomic E-state index is 12.2. The van der Waals surface area contributed by atoms with Gasteiger partial charge >= 0.3 is 0 Å². The summed E-state index contributed by atoms with van der Waals surface area (Å²) in [5.74, 6) is -0.344. The van der Waals surface area contributed by atoms with Crippen molar-refractivity contribution in [3.05, 3.63) is 59.7 Å². The molecule has 6 heteroatoms. The van der Waals surface area contributed by atoms with Gasteiger partial charge in [-0.2, -0.15) is 5.10 Å². The molecule has 4 N–H and O–H groups in total. The molecule has 0 bridgehead atoms. The van der Waals surface area contributed by atoms with Crippen molar-refractivity contribution in [3.63, 3.8) is 0 Å². The van der Waals surface area contributed by atoms with Gasteiger partial charge in [0, 0.05) is 23.4 Å². The summed E-state index contributed by atoms with van der Waals surface area (Å²) in [5.41, 5.74) is 11.5. The summed E-state index contributed by atoms with van der Waals surface area (Å²) < 4.78 is 0. The van der Waals surface area contributed by atoms with E-state index in [1.807, 2.05) is 19.1 Å². The number of unbranched alkanes of at least 4 members (excludes halogenated alkanes) is 1. The van der Waals surface area contributed by atoms with Crippen molar-refractivity contribution in [2.75, 3.05) is 11.1 Å². The Balaban J connectivity index is 1.95. The number of rotatable bonds is 7. The van der Waals surface area contributed by atoms with Gasteiger partial charge in [0.25, 0.3) is 5.91 Å². The van der Waals surface area contributed by atoms with Gasteiger partial charge in [0.2, 0.25) is 5.91 Å². The highest BCUT2D eigenvalue weighted by atomic mass is 16.2. The number of carbonyl (C=O) groups excluding carboxylic acids is 2. The van der Waals surface area contributed by atoms with Crippen molar-refractivity contribution in [1.82, 2.24) is 5.43 Å². The van der Waals surface area contributed by atoms with E-state index in [-0.39, 0.29) is 11.8 Å². The molecular weight excluding hydrogens is 328 g/mol. The summed E-state index contributed by atoms with van der Waals surface area (Å²) in [4.78, 5) is 23.9. The van der Waals surface area contributed by atoms with Crippen molar-refractivity contribution in [3.8, 4) is 0 Å². The molecule has 0 spiro atoms. The predicted octanol–water partition coefficient (Wildman–Crippen LogP) is 3.55. The molecule has 0 atom stereocenters. The highest BCUT2D eigenvalue weighted by Gasteiger charge is 2.07. The SMILES string of the molecule is CCCCC(=O)Nc1ccc(C(=O)N/N=C(\C)c2cccc(N)c2)cc1. The van der Waals surface area contributed by atoms with Crippen LogP contribution < -0.4 is 16.5 Å². The number of hydrazone groups is 1. The molecule has 0 aliphatic rings. The molecule has 0 saturated heterocycles. The van der Waals surface area contributed by atoms with Crippen molar-refractivity contribution >= 4 is 28.9 Å². The predicted molar refractivity (Wildman–Crippen MR) is 105 cm³/mol. The number of amides is 2. The largest absolute Gasteiger partial charge is 0.399 e. The number of nitrogens with two attached hydrogens (primary N) is 1. The molecule has 2 amide bonds. The molecular formula is C20H24N4O2. The molecule has 0 unspecified atom stereocenters. The van der Waals surface area contributed by atoms with Gasteiger partial charge in [-0.3, -0.25) is 9.59 Å². The standard InChI is InChI=1S/C20H24N4O2/c1-3-4-8-19(25)22-18-11-9-15(10-12-18)20(26)24-23-14(2)16-6-5-7-17(21)13-16/h5-7,9-13H,3-4,8,21H2,1-2H3,(H,22,25)(H,24,26)/b23-14+. The quantitative estimate of drug-likeness (QED) is 0.404. The van der Waals surface area contributed by atoms with E-state index in [0.717, 1.165) is 18.4 Å². The Morgan fingerprint density at radius 2 is 1.81 bits per heavy atom. The van der Waals surface area contributed by atoms with Gasteiger partial charge in [-0.05, 0) is 55.3 Å². The van der Waals surface area contributed by atoms with Gasteiger partial charge < -0.3 is 11.1 Å². The lowest BCUT2D eigenvalue weighted by Gasteiger charge is -2.06. The molecule has 6 nitrogen and oxygen atoms in total. The highest BCUT2D eigenvalue weighted by Crippen LogP contribution is 2.11. The van der Waals surface area contributed by atoms with Gasteiger partial charge in [0.1, 0.15) is 0 Å². The number of nitrogens with one attached hydrogen (secondary N) is 2. The zero-order valence-electron chi connectivity index (χ0n) is 15.1. The Morgan fingerprint density at radius 3 is 2.46 bits per heavy atom. The first-order chi connectivity index (χ1) is 12.5. The Morgan fingerprint density at radius 1 is 1.08 bits per heavy atom. The monoisotopic (exact) mass is 352 g/mol. The number of nitrogen functional groups attached to an aromatic ring is 1. The lowest BCUT2D eigenvalue weighted by atomic mass is 10.1. The summed E-state index contributed by atoms with van der Waals surface area (Å²) in [6.07, 6.45) is 2.33. The van der Waals surface area contributed by atoms with Crippen LogP contribution in [0.25, 0.3) is 0 Å². The first-order valence-corrected chi connectivity index (χ1v) is 8.60. The van der Waals surface area contributed by atoms with E-state index in [0.29, 0.717) is 29.1 Å². The van der Waals surface area contributed by atoms with Crippen molar-refractivity contribution < 1.29 is 9.59 Å². The zero-order chi connectivity index (χ0) is 18.9. The second-order valence-corrected chi connectivity index (χ2v) is 5.99. The zero-order valence-corrected chi connectivity index (χ0v) is 15.1. The average Bonchev–Trinajstić information content (AvgIpc) is 2.64. The fourth-order valence-corrected chi connectivity index (χ4v) is 2.29. The van der Waals surface area contributed by atoms with Crippen molar-refractivity contribution in [2.24, 2.45) is 5.10 Å². The van der Waals surface area contributed by atoms with E-state index < -0.39 is 0 Å². The summed E-state index contributed by atoms with van der Waals surface area (Å²) in [5, 5.41) is 6.92. The molecule has 2 rings (SSSR count). The third-order valence-corrected chi connectivity index (χ3v) is 3.82. The molecule has 26 heavy (non-hydrogen) atoms. The number of anilines is 2. The van der Waals surface area contributed by atoms with Crippen LogP contribution in [-0.4, -0.2) is 17.5 Å². The Hall–Kier alpha value is -3.15. The first kappa shape index (κ1) is 19.2. The normalized spacial score (nSPS) is 11.1. The van der Waals surface area contributed by atoms with Crippen LogP contribution in [0.1, 0.15) is 49.0 Å². The van der Waals surface area contributed by atoms with E-state index in [1.54, 1.807) is 43.3 Å². The van der Waals surface area contributed by atoms with E-state index in [2.05, 4.69) is 15.8 Å². The second kappa shape index (κ2) is 9.36. The average molecular weight is 352 g/mol. The Bertz CT molecular complexity index is 798. The molecule has 0 aromatic heterocycles. The molecule has 0 aliphatic heterocycles. The van der Waals surface area contributed by atoms with Crippen LogP contribution in [0.5, 0.6) is 0 Å². The fraction of sp³-hybridized carbons (Fsp3) is 0.250. The summed E-state index contributed by atoms with van der Waals surface area (Å²) in [6, 6.07) is 14.0. The lowest BCUT2D eigenvalue weighted by Crippen LogP contribution is -2.19. The first-order valence-electron chi connectivity index (χ1n) is 8.60. The number of nitrogens with zero attached hydrogens (tertiary/aromatic N) is 1. The van der Waals surface area contributed by atoms with Gasteiger partial charge in [0.05, 0.1) is 5.71 Å². The van der Waals surface area contributed by atoms with Gasteiger partial charge in [-0.25, -0.2) is 5.43 Å². The van der Waals surface area contributed by atoms with Crippen LogP contribution in [0.15, 0.2) is 53.6 Å². The van der Waals surface area contributed by atoms with Crippen LogP contribution in [0, 0.1) is 0 Å². The number of benzene rings is 2. The van der Waals surface area contributed by atoms with Crippen molar-refractivity contribution in [2.45, 2.75) is 33.1 Å². The fourth-order valence-electron chi connectivity index (χ4n) is 2.29. The minimum Gasteiger partial charge on any atom is -0.399 e. The van der Waals surface area contributed by atoms with Crippen LogP contribution >= 0.6 is 0 Å². The highest BCUT2D eigenvalue weighted by molar-refractivity contribution is 6.01. The second-order valence-electron chi connectivity index (χ2n) is 5.99. The number of carbonyl (C=O) groups is 2. The Kier molecular flexibility index (Phi) is 6.91. The molecule has 0 radical (unpaired) electrons. The lowest BCUT2D eigenvalue weighted by molar-refractivity contribution is -0.116. The molecule has 0 heterocycles. The van der Waals surface area contributed by atoms with E-state index >= 15 is 0 Å². The molecule has 0 fully saturated rings. The van der Waals surface area contributed by atoms with Crippen LogP contribution in [0.4, 0.5) is 11.4 Å². The minimum absolute atomic E-state index is 0.0218. The van der Waals surface area contributed by atoms with Crippen LogP contribution in [-0.2, 0) is 4.79 Å². The molecule has 136 valence electrons. The van der Waals surface area contributed by atoms with Crippen LogP contribution in [0.3, 0.4) is 0 Å². The third kappa shape index (κ3) is 5.73. The Labute approximate surface area is 153 Å². The van der Waals surface area contributed by atoms with Crippen LogP contribution in [0.2, 0.25) is 0 Å². The summed E-state index contributed by atoms with van der Waals surface area (Å²) >= 11 is 0. The topological polar surface area (TPSA) is 96.6 Å². The maximum Gasteiger partial charge on any atom is 0.271 e. The maximum atomic E-state index is 12.2. The van der Waals surface area contributed by atoms with Gasteiger partial charge in [-0.1, -0.05) is 25.5 Å².